The van der Waals surface area contributed by atoms with E-state index in [0.29, 0.717) is 11.8 Å². The lowest BCUT2D eigenvalue weighted by molar-refractivity contribution is 0.834. The Morgan fingerprint density at radius 2 is 1.64 bits per heavy atom. The van der Waals surface area contributed by atoms with E-state index in [9.17, 15) is 0 Å². The van der Waals surface area contributed by atoms with E-state index in [1.165, 1.54) is 11.1 Å². The second kappa shape index (κ2) is 4.99. The molecule has 0 N–H and O–H groups in total. The van der Waals surface area contributed by atoms with Gasteiger partial charge < -0.3 is 0 Å². The Hall–Kier alpha value is -1.04. The minimum atomic E-state index is 0.600. The van der Waals surface area contributed by atoms with Crippen LogP contribution >= 0.6 is 0 Å². The molecule has 0 spiro atoms. The van der Waals surface area contributed by atoms with Crippen molar-refractivity contribution in [2.24, 2.45) is 5.92 Å². The molecule has 0 saturated carbocycles. The molecule has 76 valence electrons. The van der Waals surface area contributed by atoms with Gasteiger partial charge in [0.2, 0.25) is 0 Å². The van der Waals surface area contributed by atoms with E-state index < -0.39 is 0 Å². The van der Waals surface area contributed by atoms with Crippen LogP contribution < -0.4 is 0 Å². The van der Waals surface area contributed by atoms with Crippen molar-refractivity contribution >= 4 is 6.08 Å². The van der Waals surface area contributed by atoms with E-state index in [2.05, 4.69) is 64.1 Å². The second-order valence-electron chi connectivity index (χ2n) is 4.39. The summed E-state index contributed by atoms with van der Waals surface area (Å²) in [5.41, 5.74) is 2.79. The minimum Gasteiger partial charge on any atom is -0.0814 e. The highest BCUT2D eigenvalue weighted by Crippen LogP contribution is 2.20. The monoisotopic (exact) mass is 188 g/mol. The maximum absolute atomic E-state index is 2.25. The Morgan fingerprint density at radius 1 is 1.00 bits per heavy atom. The number of allylic oxidation sites excluding steroid dienone is 1. The quantitative estimate of drug-likeness (QED) is 0.656. The van der Waals surface area contributed by atoms with E-state index in [1.54, 1.807) is 0 Å². The van der Waals surface area contributed by atoms with Crippen LogP contribution in [-0.2, 0) is 0 Å². The zero-order valence-corrected chi connectivity index (χ0v) is 9.62. The summed E-state index contributed by atoms with van der Waals surface area (Å²) < 4.78 is 0. The number of benzene rings is 1. The fourth-order valence-electron chi connectivity index (χ4n) is 1.48. The first-order chi connectivity index (χ1) is 6.61. The lowest BCUT2D eigenvalue weighted by Gasteiger charge is -2.09. The van der Waals surface area contributed by atoms with Crippen molar-refractivity contribution in [1.82, 2.24) is 0 Å². The average Bonchev–Trinajstić information content (AvgIpc) is 2.15. The normalized spacial score (nSPS) is 11.9. The molecule has 0 atom stereocenters. The first kappa shape index (κ1) is 11.0. The molecule has 0 saturated heterocycles. The molecule has 1 rings (SSSR count). The maximum Gasteiger partial charge on any atom is -0.0213 e. The van der Waals surface area contributed by atoms with Gasteiger partial charge in [-0.2, -0.15) is 0 Å². The molecule has 0 amide bonds. The number of hydrogen-bond acceptors (Lipinski definition) is 0. The molecule has 0 aromatic heterocycles. The van der Waals surface area contributed by atoms with Gasteiger partial charge in [0.25, 0.3) is 0 Å². The third-order valence-electron chi connectivity index (χ3n) is 2.28. The predicted octanol–water partition coefficient (Wildman–Crippen LogP) is 4.48. The van der Waals surface area contributed by atoms with E-state index >= 15 is 0 Å². The van der Waals surface area contributed by atoms with Crippen LogP contribution in [0.2, 0.25) is 0 Å². The summed E-state index contributed by atoms with van der Waals surface area (Å²) in [6.45, 7) is 8.88. The van der Waals surface area contributed by atoms with Crippen molar-refractivity contribution < 1.29 is 0 Å². The van der Waals surface area contributed by atoms with Gasteiger partial charge in [-0.25, -0.2) is 0 Å². The first-order valence-electron chi connectivity index (χ1n) is 5.38. The van der Waals surface area contributed by atoms with Gasteiger partial charge in [0, 0.05) is 0 Å². The Labute approximate surface area is 87.7 Å². The zero-order valence-electron chi connectivity index (χ0n) is 9.62. The molecule has 0 heteroatoms. The molecular weight excluding hydrogens is 168 g/mol. The minimum absolute atomic E-state index is 0.600. The van der Waals surface area contributed by atoms with Crippen molar-refractivity contribution in [3.63, 3.8) is 0 Å². The smallest absolute Gasteiger partial charge is 0.0213 e. The maximum atomic E-state index is 2.25. The van der Waals surface area contributed by atoms with Gasteiger partial charge in [0.1, 0.15) is 0 Å². The third kappa shape index (κ3) is 3.02. The molecule has 0 unspecified atom stereocenters. The number of hydrogen-bond donors (Lipinski definition) is 0. The highest BCUT2D eigenvalue weighted by Gasteiger charge is 2.02. The average molecular weight is 188 g/mol. The topological polar surface area (TPSA) is 0 Å². The van der Waals surface area contributed by atoms with Crippen LogP contribution in [0.5, 0.6) is 0 Å². The van der Waals surface area contributed by atoms with Gasteiger partial charge >= 0.3 is 0 Å². The fourth-order valence-corrected chi connectivity index (χ4v) is 1.48. The van der Waals surface area contributed by atoms with Crippen molar-refractivity contribution in [3.8, 4) is 0 Å². The largest absolute Gasteiger partial charge is 0.0814 e. The lowest BCUT2D eigenvalue weighted by atomic mass is 9.96. The highest BCUT2D eigenvalue weighted by atomic mass is 14.1. The summed E-state index contributed by atoms with van der Waals surface area (Å²) in [5.74, 6) is 1.22. The van der Waals surface area contributed by atoms with E-state index in [0.717, 1.165) is 0 Å². The Kier molecular flexibility index (Phi) is 3.94. The first-order valence-corrected chi connectivity index (χ1v) is 5.38. The van der Waals surface area contributed by atoms with Crippen molar-refractivity contribution in [2.75, 3.05) is 0 Å². The fraction of sp³-hybridized carbons (Fsp3) is 0.429. The molecular formula is C14H20. The lowest BCUT2D eigenvalue weighted by Crippen LogP contribution is -1.91. The third-order valence-corrected chi connectivity index (χ3v) is 2.28. The summed E-state index contributed by atoms with van der Waals surface area (Å²) in [5, 5.41) is 0. The van der Waals surface area contributed by atoms with Gasteiger partial charge in [-0.15, -0.1) is 0 Å². The number of rotatable bonds is 3. The van der Waals surface area contributed by atoms with Crippen LogP contribution in [0.25, 0.3) is 6.08 Å². The molecule has 1 aromatic rings. The Balaban J connectivity index is 2.96. The zero-order chi connectivity index (χ0) is 10.6. The molecule has 0 bridgehead atoms. The van der Waals surface area contributed by atoms with Gasteiger partial charge in [-0.1, -0.05) is 64.1 Å². The second-order valence-corrected chi connectivity index (χ2v) is 4.39. The van der Waals surface area contributed by atoms with Gasteiger partial charge in [-0.05, 0) is 23.0 Å². The molecule has 14 heavy (non-hydrogen) atoms. The Bertz CT molecular complexity index is 306. The summed E-state index contributed by atoms with van der Waals surface area (Å²) in [6.07, 6.45) is 4.49. The van der Waals surface area contributed by atoms with Gasteiger partial charge in [-0.3, -0.25) is 0 Å². The van der Waals surface area contributed by atoms with Crippen LogP contribution in [0.15, 0.2) is 30.3 Å². The summed E-state index contributed by atoms with van der Waals surface area (Å²) in [6, 6.07) is 8.62. The van der Waals surface area contributed by atoms with Gasteiger partial charge in [0.15, 0.2) is 0 Å². The van der Waals surface area contributed by atoms with Crippen molar-refractivity contribution in [2.45, 2.75) is 33.6 Å². The van der Waals surface area contributed by atoms with E-state index in [1.807, 2.05) is 0 Å². The molecule has 0 fully saturated rings. The molecule has 0 heterocycles. The van der Waals surface area contributed by atoms with Crippen molar-refractivity contribution in [1.29, 1.82) is 0 Å². The van der Waals surface area contributed by atoms with Crippen LogP contribution in [0.4, 0.5) is 0 Å². The van der Waals surface area contributed by atoms with Crippen LogP contribution in [-0.4, -0.2) is 0 Å². The van der Waals surface area contributed by atoms with Crippen LogP contribution in [0, 0.1) is 5.92 Å². The van der Waals surface area contributed by atoms with Gasteiger partial charge in [0.05, 0.1) is 0 Å². The van der Waals surface area contributed by atoms with Crippen LogP contribution in [0.1, 0.15) is 44.7 Å². The van der Waals surface area contributed by atoms with E-state index in [-0.39, 0.29) is 0 Å². The molecule has 0 aliphatic rings. The summed E-state index contributed by atoms with van der Waals surface area (Å²) in [7, 11) is 0. The SMILES string of the molecule is CC(C)/C=C/c1ccccc1C(C)C. The molecule has 0 aliphatic carbocycles. The molecule has 0 aliphatic heterocycles. The predicted molar refractivity (Wildman–Crippen MR) is 64.4 cm³/mol. The van der Waals surface area contributed by atoms with E-state index in [4.69, 9.17) is 0 Å². The Morgan fingerprint density at radius 3 is 2.21 bits per heavy atom. The molecule has 1 aromatic carbocycles. The molecule has 0 radical (unpaired) electrons. The highest BCUT2D eigenvalue weighted by molar-refractivity contribution is 5.54. The van der Waals surface area contributed by atoms with Crippen LogP contribution in [0.3, 0.4) is 0 Å². The molecule has 0 nitrogen and oxygen atoms in total. The standard InChI is InChI=1S/C14H20/c1-11(2)9-10-13-7-5-6-8-14(13)12(3)4/h5-12H,1-4H3/b10-9+. The van der Waals surface area contributed by atoms with Crippen molar-refractivity contribution in [3.05, 3.63) is 41.5 Å². The summed E-state index contributed by atoms with van der Waals surface area (Å²) >= 11 is 0. The summed E-state index contributed by atoms with van der Waals surface area (Å²) in [4.78, 5) is 0.